The minimum atomic E-state index is 1.07. The first kappa shape index (κ1) is 8.14. The van der Waals surface area contributed by atoms with E-state index in [1.807, 2.05) is 27.0 Å². The highest BCUT2D eigenvalue weighted by Gasteiger charge is 1.74. The minimum Gasteiger partial charge on any atom is -0.255 e. The van der Waals surface area contributed by atoms with Gasteiger partial charge >= 0.3 is 0 Å². The van der Waals surface area contributed by atoms with E-state index in [0.29, 0.717) is 0 Å². The van der Waals surface area contributed by atoms with Crippen LogP contribution in [0.15, 0.2) is 16.8 Å². The Labute approximate surface area is 64.0 Å². The van der Waals surface area contributed by atoms with Crippen molar-refractivity contribution in [2.45, 2.75) is 20.8 Å². The number of nitrogens with zero attached hydrogens (tertiary/aromatic N) is 1. The van der Waals surface area contributed by atoms with Crippen LogP contribution in [0.5, 0.6) is 0 Å². The first-order valence-electron chi connectivity index (χ1n) is 2.46. The second-order valence-corrected chi connectivity index (χ2v) is 3.39. The summed E-state index contributed by atoms with van der Waals surface area (Å²) in [6.07, 6.45) is 1.86. The number of rotatable bonds is 1. The fraction of sp³-hybridized carbons (Fsp3) is 0.500. The summed E-state index contributed by atoms with van der Waals surface area (Å²) in [6.45, 7) is 6.03. The summed E-state index contributed by atoms with van der Waals surface area (Å²) in [5.41, 5.74) is 1.24. The van der Waals surface area contributed by atoms with Crippen molar-refractivity contribution in [2.75, 3.05) is 0 Å². The average Bonchev–Trinajstić information content (AvgIpc) is 1.61. The van der Waals surface area contributed by atoms with Crippen LogP contribution < -0.4 is 0 Å². The molecular weight excluding hydrogens is 213 g/mol. The predicted octanol–water partition coefficient (Wildman–Crippen LogP) is 2.76. The summed E-state index contributed by atoms with van der Waals surface area (Å²) >= 11 is 2.18. The minimum absolute atomic E-state index is 1.07. The Morgan fingerprint density at radius 1 is 1.38 bits per heavy atom. The first-order chi connectivity index (χ1) is 3.63. The lowest BCUT2D eigenvalue weighted by molar-refractivity contribution is 1.34. The van der Waals surface area contributed by atoms with Crippen LogP contribution in [0, 0.1) is 0 Å². The molecule has 0 fully saturated rings. The fourth-order valence-electron chi connectivity index (χ4n) is 0.218. The van der Waals surface area contributed by atoms with Crippen molar-refractivity contribution in [1.29, 1.82) is 0 Å². The molecule has 0 bridgehead atoms. The van der Waals surface area contributed by atoms with E-state index in [-0.39, 0.29) is 0 Å². The monoisotopic (exact) mass is 223 g/mol. The van der Waals surface area contributed by atoms with Crippen LogP contribution in [-0.2, 0) is 0 Å². The van der Waals surface area contributed by atoms with Gasteiger partial charge in [0.25, 0.3) is 0 Å². The molecule has 0 rings (SSSR count). The van der Waals surface area contributed by atoms with Crippen LogP contribution in [0.25, 0.3) is 0 Å². The van der Waals surface area contributed by atoms with E-state index >= 15 is 0 Å². The van der Waals surface area contributed by atoms with E-state index in [1.54, 1.807) is 0 Å². The smallest absolute Gasteiger partial charge is 0.0752 e. The molecule has 8 heavy (non-hydrogen) atoms. The van der Waals surface area contributed by atoms with Gasteiger partial charge in [0.15, 0.2) is 0 Å². The molecule has 0 saturated carbocycles. The molecule has 0 atom stereocenters. The molecule has 0 radical (unpaired) electrons. The molecule has 0 aliphatic carbocycles. The summed E-state index contributed by atoms with van der Waals surface area (Å²) in [7, 11) is 0. The van der Waals surface area contributed by atoms with Gasteiger partial charge in [0.2, 0.25) is 0 Å². The van der Waals surface area contributed by atoms with Crippen molar-refractivity contribution in [2.24, 2.45) is 4.99 Å². The van der Waals surface area contributed by atoms with Gasteiger partial charge in [-0.2, -0.15) is 0 Å². The van der Waals surface area contributed by atoms with Gasteiger partial charge in [-0.25, -0.2) is 0 Å². The van der Waals surface area contributed by atoms with Crippen LogP contribution in [-0.4, -0.2) is 3.72 Å². The Morgan fingerprint density at radius 3 is 2.00 bits per heavy atom. The lowest BCUT2D eigenvalue weighted by Gasteiger charge is -1.82. The van der Waals surface area contributed by atoms with Crippen LogP contribution >= 0.6 is 22.6 Å². The highest BCUT2D eigenvalue weighted by molar-refractivity contribution is 14.1. The molecule has 0 aliphatic heterocycles. The highest BCUT2D eigenvalue weighted by atomic mass is 127. The number of halogens is 1. The summed E-state index contributed by atoms with van der Waals surface area (Å²) in [6, 6.07) is 0. The number of aliphatic imine (C=N–C) groups is 1. The van der Waals surface area contributed by atoms with E-state index < -0.39 is 0 Å². The van der Waals surface area contributed by atoms with Gasteiger partial charge < -0.3 is 0 Å². The second-order valence-electron chi connectivity index (χ2n) is 1.83. The number of hydrogen-bond acceptors (Lipinski definition) is 1. The first-order valence-corrected chi connectivity index (χ1v) is 3.54. The van der Waals surface area contributed by atoms with Crippen LogP contribution in [0.1, 0.15) is 20.8 Å². The van der Waals surface area contributed by atoms with Gasteiger partial charge in [-0.3, -0.25) is 4.99 Å². The molecule has 0 aromatic heterocycles. The van der Waals surface area contributed by atoms with Crippen molar-refractivity contribution in [1.82, 2.24) is 0 Å². The largest absolute Gasteiger partial charge is 0.255 e. The third-order valence-electron chi connectivity index (χ3n) is 0.501. The van der Waals surface area contributed by atoms with E-state index in [2.05, 4.69) is 27.6 Å². The zero-order valence-electron chi connectivity index (χ0n) is 5.40. The Kier molecular flexibility index (Phi) is 4.13. The van der Waals surface area contributed by atoms with Crippen molar-refractivity contribution in [3.63, 3.8) is 0 Å². The number of allylic oxidation sites excluding steroid dienone is 1. The summed E-state index contributed by atoms with van der Waals surface area (Å²) < 4.78 is 1.07. The normalized spacial score (nSPS) is 11.2. The molecule has 0 aromatic carbocycles. The predicted molar refractivity (Wildman–Crippen MR) is 46.6 cm³/mol. The summed E-state index contributed by atoms with van der Waals surface area (Å²) in [5.74, 6) is 0. The van der Waals surface area contributed by atoms with Crippen LogP contribution in [0.2, 0.25) is 0 Å². The van der Waals surface area contributed by atoms with Gasteiger partial charge in [-0.15, -0.1) is 0 Å². The molecule has 0 saturated heterocycles. The molecule has 2 heteroatoms. The maximum absolute atomic E-state index is 4.07. The van der Waals surface area contributed by atoms with Crippen molar-refractivity contribution in [3.8, 4) is 0 Å². The van der Waals surface area contributed by atoms with Gasteiger partial charge in [0.05, 0.1) is 3.72 Å². The van der Waals surface area contributed by atoms with E-state index in [4.69, 9.17) is 0 Å². The molecule has 46 valence electrons. The Morgan fingerprint density at radius 2 is 1.88 bits per heavy atom. The summed E-state index contributed by atoms with van der Waals surface area (Å²) in [4.78, 5) is 4.07. The molecule has 0 unspecified atom stereocenters. The van der Waals surface area contributed by atoms with Gasteiger partial charge in [0.1, 0.15) is 0 Å². The standard InChI is InChI=1S/C6H10IN/c1-5(2)4-8-6(3)7/h4H,1-3H3. The average molecular weight is 223 g/mol. The van der Waals surface area contributed by atoms with E-state index in [1.165, 1.54) is 5.57 Å². The third kappa shape index (κ3) is 6.14. The van der Waals surface area contributed by atoms with Gasteiger partial charge in [-0.05, 0) is 43.4 Å². The quantitative estimate of drug-likeness (QED) is 0.478. The highest BCUT2D eigenvalue weighted by Crippen LogP contribution is 1.93. The fourth-order valence-corrected chi connectivity index (χ4v) is 0.357. The second kappa shape index (κ2) is 4.06. The SMILES string of the molecule is CC(C)=CN=C(C)I. The molecule has 0 heterocycles. The zero-order valence-corrected chi connectivity index (χ0v) is 7.56. The zero-order chi connectivity index (χ0) is 6.57. The van der Waals surface area contributed by atoms with Crippen LogP contribution in [0.4, 0.5) is 0 Å². The lowest BCUT2D eigenvalue weighted by atomic mass is 10.4. The molecule has 1 nitrogen and oxygen atoms in total. The molecule has 0 N–H and O–H groups in total. The van der Waals surface area contributed by atoms with Crippen molar-refractivity contribution >= 4 is 26.3 Å². The summed E-state index contributed by atoms with van der Waals surface area (Å²) in [5, 5.41) is 0. The van der Waals surface area contributed by atoms with E-state index in [0.717, 1.165) is 3.72 Å². The lowest BCUT2D eigenvalue weighted by Crippen LogP contribution is -1.69. The molecule has 0 spiro atoms. The van der Waals surface area contributed by atoms with Gasteiger partial charge in [-0.1, -0.05) is 5.57 Å². The molecule has 0 aliphatic rings. The Bertz CT molecular complexity index is 100. The molecule has 0 amide bonds. The van der Waals surface area contributed by atoms with Crippen molar-refractivity contribution < 1.29 is 0 Å². The van der Waals surface area contributed by atoms with Gasteiger partial charge in [0, 0.05) is 6.20 Å². The Balaban J connectivity index is 3.76. The van der Waals surface area contributed by atoms with E-state index in [9.17, 15) is 0 Å². The topological polar surface area (TPSA) is 12.4 Å². The van der Waals surface area contributed by atoms with Crippen LogP contribution in [0.3, 0.4) is 0 Å². The third-order valence-corrected chi connectivity index (χ3v) is 0.779. The number of hydrogen-bond donors (Lipinski definition) is 0. The molecular formula is C6H10IN. The maximum atomic E-state index is 4.07. The maximum Gasteiger partial charge on any atom is 0.0752 e. The van der Waals surface area contributed by atoms with Crippen molar-refractivity contribution in [3.05, 3.63) is 11.8 Å². The molecule has 0 aromatic rings. The Hall–Kier alpha value is 0.140.